The third kappa shape index (κ3) is 3.55. The van der Waals surface area contributed by atoms with Crippen molar-refractivity contribution >= 4 is 21.2 Å². The Kier molecular flexibility index (Phi) is 4.84. The number of hydrogen-bond donors (Lipinski definition) is 0. The zero-order chi connectivity index (χ0) is 19.0. The van der Waals surface area contributed by atoms with Gasteiger partial charge in [0.15, 0.2) is 9.84 Å². The summed E-state index contributed by atoms with van der Waals surface area (Å²) >= 11 is 0. The van der Waals surface area contributed by atoms with E-state index in [-0.39, 0.29) is 11.6 Å². The standard InChI is InChI=1S/C21H25FN2O2S/c1-2-27(25,26)20-6-4-18(5-7-20)23-12-10-19(11-13-23)24-14-9-16-15-17(22)3-8-21(16)24/h3-8,15,19H,2,9-14H2,1H3. The number of hydrogen-bond acceptors (Lipinski definition) is 4. The van der Waals surface area contributed by atoms with Crippen LogP contribution in [0.4, 0.5) is 15.8 Å². The summed E-state index contributed by atoms with van der Waals surface area (Å²) in [4.78, 5) is 5.15. The molecule has 4 nitrogen and oxygen atoms in total. The van der Waals surface area contributed by atoms with Crippen molar-refractivity contribution in [2.24, 2.45) is 0 Å². The van der Waals surface area contributed by atoms with Gasteiger partial charge < -0.3 is 9.80 Å². The Morgan fingerprint density at radius 1 is 1.04 bits per heavy atom. The highest BCUT2D eigenvalue weighted by Crippen LogP contribution is 2.34. The predicted molar refractivity (Wildman–Crippen MR) is 107 cm³/mol. The maximum Gasteiger partial charge on any atom is 0.178 e. The van der Waals surface area contributed by atoms with Crippen LogP contribution in [0.3, 0.4) is 0 Å². The van der Waals surface area contributed by atoms with Crippen molar-refractivity contribution in [2.45, 2.75) is 37.1 Å². The Bertz CT molecular complexity index is 920. The molecule has 0 N–H and O–H groups in total. The molecule has 1 saturated heterocycles. The molecule has 6 heteroatoms. The molecule has 0 atom stereocenters. The molecule has 4 rings (SSSR count). The highest BCUT2D eigenvalue weighted by atomic mass is 32.2. The molecule has 0 amide bonds. The van der Waals surface area contributed by atoms with Crippen LogP contribution in [0, 0.1) is 5.82 Å². The number of halogens is 1. The van der Waals surface area contributed by atoms with Gasteiger partial charge in [-0.25, -0.2) is 12.8 Å². The SMILES string of the molecule is CCS(=O)(=O)c1ccc(N2CCC(N3CCc4cc(F)ccc43)CC2)cc1. The van der Waals surface area contributed by atoms with Crippen LogP contribution in [0.15, 0.2) is 47.4 Å². The van der Waals surface area contributed by atoms with Gasteiger partial charge in [-0.2, -0.15) is 0 Å². The molecule has 2 heterocycles. The van der Waals surface area contributed by atoms with Crippen molar-refractivity contribution in [3.63, 3.8) is 0 Å². The number of sulfone groups is 1. The number of benzene rings is 2. The number of piperidine rings is 1. The molecule has 2 aliphatic heterocycles. The average Bonchev–Trinajstić information content (AvgIpc) is 3.11. The van der Waals surface area contributed by atoms with Crippen LogP contribution >= 0.6 is 0 Å². The molecule has 0 radical (unpaired) electrons. The van der Waals surface area contributed by atoms with Gasteiger partial charge in [0.2, 0.25) is 0 Å². The Labute approximate surface area is 160 Å². The van der Waals surface area contributed by atoms with E-state index in [1.54, 1.807) is 31.2 Å². The summed E-state index contributed by atoms with van der Waals surface area (Å²) in [5.74, 6) is -0.0298. The van der Waals surface area contributed by atoms with Gasteiger partial charge in [0.25, 0.3) is 0 Å². The Morgan fingerprint density at radius 2 is 1.74 bits per heavy atom. The van der Waals surface area contributed by atoms with Gasteiger partial charge in [0, 0.05) is 37.1 Å². The zero-order valence-electron chi connectivity index (χ0n) is 15.6. The molecule has 0 spiro atoms. The van der Waals surface area contributed by atoms with Crippen molar-refractivity contribution in [2.75, 3.05) is 35.2 Å². The number of fused-ring (bicyclic) bond motifs is 1. The second-order valence-electron chi connectivity index (χ2n) is 7.33. The van der Waals surface area contributed by atoms with Crippen LogP contribution in [-0.4, -0.2) is 39.8 Å². The molecule has 2 aromatic rings. The van der Waals surface area contributed by atoms with Crippen molar-refractivity contribution in [3.8, 4) is 0 Å². The predicted octanol–water partition coefficient (Wildman–Crippen LogP) is 3.65. The van der Waals surface area contributed by atoms with E-state index in [1.807, 2.05) is 18.2 Å². The Balaban J connectivity index is 1.41. The van der Waals surface area contributed by atoms with E-state index < -0.39 is 9.84 Å². The van der Waals surface area contributed by atoms with E-state index in [9.17, 15) is 12.8 Å². The fraction of sp³-hybridized carbons (Fsp3) is 0.429. The maximum absolute atomic E-state index is 13.4. The van der Waals surface area contributed by atoms with Crippen molar-refractivity contribution in [3.05, 3.63) is 53.8 Å². The van der Waals surface area contributed by atoms with Crippen LogP contribution in [0.5, 0.6) is 0 Å². The number of anilines is 2. The number of nitrogens with zero attached hydrogens (tertiary/aromatic N) is 2. The average molecular weight is 389 g/mol. The third-order valence-electron chi connectivity index (χ3n) is 5.82. The monoisotopic (exact) mass is 388 g/mol. The van der Waals surface area contributed by atoms with E-state index in [0.717, 1.165) is 50.1 Å². The first-order chi connectivity index (χ1) is 13.0. The Morgan fingerprint density at radius 3 is 2.41 bits per heavy atom. The van der Waals surface area contributed by atoms with E-state index in [1.165, 1.54) is 5.69 Å². The van der Waals surface area contributed by atoms with Crippen molar-refractivity contribution in [1.29, 1.82) is 0 Å². The minimum atomic E-state index is -3.15. The first-order valence-corrected chi connectivity index (χ1v) is 11.3. The van der Waals surface area contributed by atoms with Gasteiger partial charge in [0.05, 0.1) is 10.6 Å². The van der Waals surface area contributed by atoms with Crippen LogP contribution in [0.2, 0.25) is 0 Å². The van der Waals surface area contributed by atoms with Gasteiger partial charge in [-0.05, 0) is 67.3 Å². The molecule has 27 heavy (non-hydrogen) atoms. The van der Waals surface area contributed by atoms with Crippen LogP contribution in [0.1, 0.15) is 25.3 Å². The summed E-state index contributed by atoms with van der Waals surface area (Å²) in [6.07, 6.45) is 3.01. The summed E-state index contributed by atoms with van der Waals surface area (Å²) in [6.45, 7) is 4.51. The van der Waals surface area contributed by atoms with Gasteiger partial charge in [-0.3, -0.25) is 0 Å². The highest BCUT2D eigenvalue weighted by molar-refractivity contribution is 7.91. The summed E-state index contributed by atoms with van der Waals surface area (Å²) in [6, 6.07) is 12.9. The molecule has 2 aliphatic rings. The lowest BCUT2D eigenvalue weighted by atomic mass is 10.0. The maximum atomic E-state index is 13.4. The van der Waals surface area contributed by atoms with Crippen LogP contribution in [0.25, 0.3) is 0 Å². The second-order valence-corrected chi connectivity index (χ2v) is 9.61. The minimum absolute atomic E-state index is 0.124. The lowest BCUT2D eigenvalue weighted by Crippen LogP contribution is -2.44. The normalized spacial score (nSPS) is 18.0. The molecule has 0 bridgehead atoms. The zero-order valence-corrected chi connectivity index (χ0v) is 16.4. The van der Waals surface area contributed by atoms with E-state index in [4.69, 9.17) is 0 Å². The van der Waals surface area contributed by atoms with E-state index >= 15 is 0 Å². The van der Waals surface area contributed by atoms with Crippen molar-refractivity contribution in [1.82, 2.24) is 0 Å². The van der Waals surface area contributed by atoms with Gasteiger partial charge in [-0.1, -0.05) is 6.92 Å². The van der Waals surface area contributed by atoms with Crippen LogP contribution in [-0.2, 0) is 16.3 Å². The Hall–Kier alpha value is -2.08. The summed E-state index contributed by atoms with van der Waals surface area (Å²) in [5, 5.41) is 0. The lowest BCUT2D eigenvalue weighted by Gasteiger charge is -2.39. The summed E-state index contributed by atoms with van der Waals surface area (Å²) < 4.78 is 37.3. The fourth-order valence-corrected chi connectivity index (χ4v) is 5.13. The summed E-state index contributed by atoms with van der Waals surface area (Å²) in [5.41, 5.74) is 3.38. The van der Waals surface area contributed by atoms with Crippen LogP contribution < -0.4 is 9.80 Å². The highest BCUT2D eigenvalue weighted by Gasteiger charge is 2.29. The molecule has 0 aliphatic carbocycles. The molecule has 144 valence electrons. The van der Waals surface area contributed by atoms with Gasteiger partial charge in [0.1, 0.15) is 5.82 Å². The first-order valence-electron chi connectivity index (χ1n) is 9.61. The smallest absolute Gasteiger partial charge is 0.178 e. The van der Waals surface area contributed by atoms with E-state index in [0.29, 0.717) is 10.9 Å². The quantitative estimate of drug-likeness (QED) is 0.802. The topological polar surface area (TPSA) is 40.6 Å². The molecule has 0 aromatic heterocycles. The minimum Gasteiger partial charge on any atom is -0.371 e. The molecule has 0 unspecified atom stereocenters. The van der Waals surface area contributed by atoms with Gasteiger partial charge >= 0.3 is 0 Å². The third-order valence-corrected chi connectivity index (χ3v) is 7.57. The fourth-order valence-electron chi connectivity index (χ4n) is 4.24. The largest absolute Gasteiger partial charge is 0.371 e. The molecule has 1 fully saturated rings. The van der Waals surface area contributed by atoms with E-state index in [2.05, 4.69) is 9.80 Å². The van der Waals surface area contributed by atoms with Gasteiger partial charge in [-0.15, -0.1) is 0 Å². The lowest BCUT2D eigenvalue weighted by molar-refractivity contribution is 0.472. The molecular weight excluding hydrogens is 363 g/mol. The second kappa shape index (κ2) is 7.15. The first kappa shape index (κ1) is 18.3. The number of rotatable bonds is 4. The molecule has 2 aromatic carbocycles. The molecule has 0 saturated carbocycles. The van der Waals surface area contributed by atoms with Crippen molar-refractivity contribution < 1.29 is 12.8 Å². The molecular formula is C21H25FN2O2S. The summed E-state index contributed by atoms with van der Waals surface area (Å²) in [7, 11) is -3.15.